The largest absolute Gasteiger partial charge is 0.493 e. The minimum Gasteiger partial charge on any atom is -0.493 e. The number of unbranched alkanes of at least 4 members (excludes halogenated alkanes) is 3. The molecule has 0 saturated heterocycles. The predicted molar refractivity (Wildman–Crippen MR) is 104 cm³/mol. The molecule has 27 heavy (non-hydrogen) atoms. The maximum absolute atomic E-state index is 11.6. The number of hydrogen-bond acceptors (Lipinski definition) is 5. The van der Waals surface area contributed by atoms with Crippen LogP contribution in [-0.4, -0.2) is 28.6 Å². The van der Waals surface area contributed by atoms with Crippen molar-refractivity contribution in [2.75, 3.05) is 13.7 Å². The highest BCUT2D eigenvalue weighted by Gasteiger charge is 2.23. The Morgan fingerprint density at radius 2 is 2.00 bits per heavy atom. The third-order valence-corrected chi connectivity index (χ3v) is 4.36. The van der Waals surface area contributed by atoms with Crippen molar-refractivity contribution in [1.82, 2.24) is 9.97 Å². The van der Waals surface area contributed by atoms with Crippen LogP contribution in [0.2, 0.25) is 0 Å². The molecule has 3 rings (SSSR count). The molecule has 0 saturated carbocycles. The van der Waals surface area contributed by atoms with Crippen LogP contribution in [0.25, 0.3) is 22.4 Å². The molecule has 0 aliphatic heterocycles. The number of nitro groups is 1. The van der Waals surface area contributed by atoms with Gasteiger partial charge < -0.3 is 14.5 Å². The number of fused-ring (bicyclic) bond motifs is 1. The smallest absolute Gasteiger partial charge is 0.315 e. The average Bonchev–Trinajstić information content (AvgIpc) is 3.11. The molecule has 0 bridgehead atoms. The molecular formula is C20H23N3O4. The molecule has 1 N–H and O–H groups in total. The van der Waals surface area contributed by atoms with E-state index in [4.69, 9.17) is 9.47 Å². The fraction of sp³-hybridized carbons (Fsp3) is 0.350. The summed E-state index contributed by atoms with van der Waals surface area (Å²) in [6, 6.07) is 10.8. The monoisotopic (exact) mass is 369 g/mol. The highest BCUT2D eigenvalue weighted by Crippen LogP contribution is 2.41. The van der Waals surface area contributed by atoms with Gasteiger partial charge in [-0.2, -0.15) is 0 Å². The molecule has 3 aromatic rings. The quantitative estimate of drug-likeness (QED) is 0.322. The number of benzene rings is 2. The number of rotatable bonds is 9. The number of para-hydroxylation sites is 2. The van der Waals surface area contributed by atoms with Crippen LogP contribution in [0.5, 0.6) is 11.5 Å². The van der Waals surface area contributed by atoms with Gasteiger partial charge in [0.05, 0.1) is 29.7 Å². The van der Waals surface area contributed by atoms with E-state index >= 15 is 0 Å². The lowest BCUT2D eigenvalue weighted by atomic mass is 10.1. The summed E-state index contributed by atoms with van der Waals surface area (Å²) in [6.07, 6.45) is 4.12. The third-order valence-electron chi connectivity index (χ3n) is 4.36. The number of aromatic nitrogens is 2. The van der Waals surface area contributed by atoms with Crippen LogP contribution in [-0.2, 0) is 0 Å². The van der Waals surface area contributed by atoms with E-state index in [1.54, 1.807) is 6.07 Å². The van der Waals surface area contributed by atoms with Crippen LogP contribution in [0, 0.1) is 10.1 Å². The van der Waals surface area contributed by atoms with Crippen LogP contribution in [0.4, 0.5) is 5.69 Å². The first-order valence-electron chi connectivity index (χ1n) is 9.08. The Morgan fingerprint density at radius 3 is 2.70 bits per heavy atom. The van der Waals surface area contributed by atoms with Crippen molar-refractivity contribution in [1.29, 1.82) is 0 Å². The first kappa shape index (κ1) is 18.7. The Hall–Kier alpha value is -3.09. The molecular weight excluding hydrogens is 346 g/mol. The fourth-order valence-corrected chi connectivity index (χ4v) is 2.95. The second-order valence-corrected chi connectivity index (χ2v) is 6.30. The minimum atomic E-state index is -0.448. The molecule has 7 heteroatoms. The number of ether oxygens (including phenoxy) is 2. The highest BCUT2D eigenvalue weighted by atomic mass is 16.6. The summed E-state index contributed by atoms with van der Waals surface area (Å²) in [5.74, 6) is 1.04. The molecule has 0 aliphatic carbocycles. The zero-order valence-corrected chi connectivity index (χ0v) is 15.5. The van der Waals surface area contributed by atoms with E-state index in [-0.39, 0.29) is 11.4 Å². The standard InChI is InChI=1S/C20H23N3O4/c1-3-4-5-8-11-27-19-17(23(24)25)12-14(13-18(19)26-2)20-21-15-9-6-7-10-16(15)22-20/h6-7,9-10,12-13H,3-5,8,11H2,1-2H3,(H,21,22). The van der Waals surface area contributed by atoms with Crippen molar-refractivity contribution < 1.29 is 14.4 Å². The Morgan fingerprint density at radius 1 is 1.19 bits per heavy atom. The average molecular weight is 369 g/mol. The number of aromatic amines is 1. The lowest BCUT2D eigenvalue weighted by Crippen LogP contribution is -2.03. The van der Waals surface area contributed by atoms with Gasteiger partial charge in [-0.3, -0.25) is 10.1 Å². The Bertz CT molecular complexity index is 903. The van der Waals surface area contributed by atoms with Gasteiger partial charge in [-0.1, -0.05) is 38.3 Å². The number of nitrogens with one attached hydrogen (secondary N) is 1. The second-order valence-electron chi connectivity index (χ2n) is 6.30. The number of H-pyrrole nitrogens is 1. The van der Waals surface area contributed by atoms with Gasteiger partial charge in [0.1, 0.15) is 5.82 Å². The summed E-state index contributed by atoms with van der Waals surface area (Å²) in [6.45, 7) is 2.55. The lowest BCUT2D eigenvalue weighted by molar-refractivity contribution is -0.385. The second kappa shape index (κ2) is 8.53. The Labute approximate surface area is 157 Å². The maximum atomic E-state index is 11.6. The first-order valence-corrected chi connectivity index (χ1v) is 9.08. The zero-order valence-electron chi connectivity index (χ0n) is 15.5. The van der Waals surface area contributed by atoms with E-state index in [2.05, 4.69) is 16.9 Å². The molecule has 0 atom stereocenters. The van der Waals surface area contributed by atoms with Gasteiger partial charge in [-0.15, -0.1) is 0 Å². The molecule has 0 fully saturated rings. The van der Waals surface area contributed by atoms with Gasteiger partial charge in [-0.05, 0) is 24.6 Å². The van der Waals surface area contributed by atoms with Crippen molar-refractivity contribution in [3.8, 4) is 22.9 Å². The lowest BCUT2D eigenvalue weighted by Gasteiger charge is -2.12. The number of methoxy groups -OCH3 is 1. The molecule has 0 unspecified atom stereocenters. The van der Waals surface area contributed by atoms with E-state index in [1.807, 2.05) is 24.3 Å². The molecule has 0 radical (unpaired) electrons. The summed E-state index contributed by atoms with van der Waals surface area (Å²) >= 11 is 0. The molecule has 0 amide bonds. The summed E-state index contributed by atoms with van der Waals surface area (Å²) in [4.78, 5) is 18.9. The number of imidazole rings is 1. The molecule has 0 spiro atoms. The van der Waals surface area contributed by atoms with Crippen molar-refractivity contribution >= 4 is 16.7 Å². The van der Waals surface area contributed by atoms with E-state index in [0.29, 0.717) is 23.7 Å². The van der Waals surface area contributed by atoms with Crippen molar-refractivity contribution in [3.63, 3.8) is 0 Å². The van der Waals surface area contributed by atoms with Crippen LogP contribution >= 0.6 is 0 Å². The molecule has 2 aromatic carbocycles. The van der Waals surface area contributed by atoms with Crippen molar-refractivity contribution in [3.05, 3.63) is 46.5 Å². The molecule has 1 aromatic heterocycles. The summed E-state index contributed by atoms with van der Waals surface area (Å²) in [5.41, 5.74) is 2.11. The highest BCUT2D eigenvalue weighted by molar-refractivity contribution is 5.80. The number of nitro benzene ring substituents is 1. The molecule has 7 nitrogen and oxygen atoms in total. The zero-order chi connectivity index (χ0) is 19.2. The first-order chi connectivity index (χ1) is 13.1. The normalized spacial score (nSPS) is 10.9. The van der Waals surface area contributed by atoms with Gasteiger partial charge in [0.2, 0.25) is 5.75 Å². The summed E-state index contributed by atoms with van der Waals surface area (Å²) in [5, 5.41) is 11.6. The molecule has 1 heterocycles. The van der Waals surface area contributed by atoms with E-state index in [9.17, 15) is 10.1 Å². The van der Waals surface area contributed by atoms with Crippen molar-refractivity contribution in [2.24, 2.45) is 0 Å². The van der Waals surface area contributed by atoms with Gasteiger partial charge in [0, 0.05) is 11.6 Å². The van der Waals surface area contributed by atoms with E-state index in [1.165, 1.54) is 13.2 Å². The minimum absolute atomic E-state index is 0.125. The van der Waals surface area contributed by atoms with E-state index in [0.717, 1.165) is 36.7 Å². The van der Waals surface area contributed by atoms with E-state index < -0.39 is 4.92 Å². The summed E-state index contributed by atoms with van der Waals surface area (Å²) < 4.78 is 11.1. The summed E-state index contributed by atoms with van der Waals surface area (Å²) in [7, 11) is 1.48. The molecule has 142 valence electrons. The van der Waals surface area contributed by atoms with Gasteiger partial charge in [0.25, 0.3) is 0 Å². The van der Waals surface area contributed by atoms with Gasteiger partial charge in [0.15, 0.2) is 5.75 Å². The maximum Gasteiger partial charge on any atom is 0.315 e. The molecule has 0 aliphatic rings. The SMILES string of the molecule is CCCCCCOc1c(OC)cc(-c2nc3ccccc3[nH]2)cc1[N+](=O)[O-]. The van der Waals surface area contributed by atoms with Crippen LogP contribution in [0.15, 0.2) is 36.4 Å². The fourth-order valence-electron chi connectivity index (χ4n) is 2.95. The predicted octanol–water partition coefficient (Wildman–Crippen LogP) is 5.11. The number of hydrogen-bond donors (Lipinski definition) is 1. The topological polar surface area (TPSA) is 90.3 Å². The number of nitrogens with zero attached hydrogens (tertiary/aromatic N) is 2. The Kier molecular flexibility index (Phi) is 5.90. The van der Waals surface area contributed by atoms with Gasteiger partial charge >= 0.3 is 5.69 Å². The van der Waals surface area contributed by atoms with Gasteiger partial charge in [-0.25, -0.2) is 4.98 Å². The van der Waals surface area contributed by atoms with Crippen LogP contribution in [0.1, 0.15) is 32.6 Å². The van der Waals surface area contributed by atoms with Crippen molar-refractivity contribution in [2.45, 2.75) is 32.6 Å². The Balaban J connectivity index is 1.94. The van der Waals surface area contributed by atoms with Crippen LogP contribution < -0.4 is 9.47 Å². The third kappa shape index (κ3) is 4.19. The van der Waals surface area contributed by atoms with Crippen LogP contribution in [0.3, 0.4) is 0 Å².